The zero-order valence-electron chi connectivity index (χ0n) is 23.5. The van der Waals surface area contributed by atoms with Crippen molar-refractivity contribution in [1.82, 2.24) is 15.1 Å². The van der Waals surface area contributed by atoms with Crippen molar-refractivity contribution in [3.8, 4) is 17.1 Å². The fraction of sp³-hybridized carbons (Fsp3) is 0.0357. The largest absolute Gasteiger partial charge is 0.504 e. The van der Waals surface area contributed by atoms with Crippen molar-refractivity contribution < 1.29 is 36.4 Å². The van der Waals surface area contributed by atoms with E-state index < -0.39 is 38.7 Å². The van der Waals surface area contributed by atoms with Gasteiger partial charge in [0.05, 0.1) is 32.4 Å². The summed E-state index contributed by atoms with van der Waals surface area (Å²) in [5.41, 5.74) is 0.695. The van der Waals surface area contributed by atoms with Gasteiger partial charge in [-0.2, -0.15) is 4.98 Å². The topological polar surface area (TPSA) is 238 Å². The Hall–Kier alpha value is -5.85. The molecule has 0 aliphatic heterocycles. The molecule has 5 aromatic rings. The first-order chi connectivity index (χ1) is 22.0. The molecule has 5 rings (SSSR count). The van der Waals surface area contributed by atoms with Crippen LogP contribution in [0.2, 0.25) is 0 Å². The summed E-state index contributed by atoms with van der Waals surface area (Å²) in [5, 5.41) is 27.4. The minimum Gasteiger partial charge on any atom is -0.504 e. The van der Waals surface area contributed by atoms with Gasteiger partial charge in [0.2, 0.25) is 11.7 Å². The molecule has 46 heavy (non-hydrogen) atoms. The maximum Gasteiger partial charge on any atom is 0.366 e. The Kier molecular flexibility index (Phi) is 9.21. The standard InChI is InChI=1S/C28H22N8O8S2/c1-16(37)30-23-12-20(13-24(25(23)38)31-27(39)18-6-4-10-29-15-18)33-34-28-32-26(35-44-28)17-5-2-7-19(11-17)36-46(42,43)22-9-3-8-21(14-22)45(40)41/h2-15,36,38H,1H3,(H,30,37)(H,31,39)(H,40,41). The highest BCUT2D eigenvalue weighted by atomic mass is 32.2. The molecule has 1 unspecified atom stereocenters. The van der Waals surface area contributed by atoms with Gasteiger partial charge in [0.15, 0.2) is 16.8 Å². The third kappa shape index (κ3) is 7.62. The van der Waals surface area contributed by atoms with E-state index in [4.69, 9.17) is 4.52 Å². The first kappa shape index (κ1) is 31.6. The first-order valence-electron chi connectivity index (χ1n) is 12.9. The highest BCUT2D eigenvalue weighted by Gasteiger charge is 2.18. The van der Waals surface area contributed by atoms with Crippen LogP contribution < -0.4 is 15.4 Å². The van der Waals surface area contributed by atoms with Crippen molar-refractivity contribution in [3.63, 3.8) is 0 Å². The fourth-order valence-corrected chi connectivity index (χ4v) is 5.50. The molecule has 0 aliphatic rings. The summed E-state index contributed by atoms with van der Waals surface area (Å²) >= 11 is -2.36. The van der Waals surface area contributed by atoms with Crippen molar-refractivity contribution in [2.45, 2.75) is 16.7 Å². The van der Waals surface area contributed by atoms with Gasteiger partial charge in [0, 0.05) is 30.6 Å². The molecule has 2 aromatic heterocycles. The van der Waals surface area contributed by atoms with Gasteiger partial charge in [0.25, 0.3) is 15.9 Å². The summed E-state index contributed by atoms with van der Waals surface area (Å²) in [6, 6.07) is 16.5. The normalized spacial score (nSPS) is 12.0. The van der Waals surface area contributed by atoms with Gasteiger partial charge < -0.3 is 24.8 Å². The number of hydrogen-bond acceptors (Lipinski definition) is 12. The summed E-state index contributed by atoms with van der Waals surface area (Å²) in [5.74, 6) is -1.44. The van der Waals surface area contributed by atoms with E-state index in [1.807, 2.05) is 0 Å². The molecule has 234 valence electrons. The van der Waals surface area contributed by atoms with Crippen molar-refractivity contribution in [2.24, 2.45) is 10.2 Å². The summed E-state index contributed by atoms with van der Waals surface area (Å²) in [6.45, 7) is 1.24. The molecule has 2 amide bonds. The number of anilines is 3. The summed E-state index contributed by atoms with van der Waals surface area (Å²) in [6.07, 6.45) is 2.83. The molecule has 0 spiro atoms. The van der Waals surface area contributed by atoms with Gasteiger partial charge in [-0.3, -0.25) is 19.3 Å². The van der Waals surface area contributed by atoms with E-state index in [1.165, 1.54) is 67.8 Å². The van der Waals surface area contributed by atoms with Crippen molar-refractivity contribution >= 4 is 61.7 Å². The van der Waals surface area contributed by atoms with Crippen LogP contribution in [0.3, 0.4) is 0 Å². The Morgan fingerprint density at radius 3 is 2.43 bits per heavy atom. The van der Waals surface area contributed by atoms with Crippen LogP contribution in [-0.2, 0) is 25.9 Å². The Labute approximate surface area is 263 Å². The van der Waals surface area contributed by atoms with Gasteiger partial charge in [0.1, 0.15) is 0 Å². The Bertz CT molecular complexity index is 2100. The fourth-order valence-electron chi connectivity index (χ4n) is 3.91. The Morgan fingerprint density at radius 2 is 1.72 bits per heavy atom. The molecule has 0 aliphatic carbocycles. The molecule has 3 aromatic carbocycles. The second-order valence-electron chi connectivity index (χ2n) is 9.28. The lowest BCUT2D eigenvalue weighted by atomic mass is 10.2. The first-order valence-corrected chi connectivity index (χ1v) is 15.5. The molecule has 0 radical (unpaired) electrons. The van der Waals surface area contributed by atoms with Crippen LogP contribution in [0, 0.1) is 0 Å². The maximum atomic E-state index is 12.9. The smallest absolute Gasteiger partial charge is 0.366 e. The van der Waals surface area contributed by atoms with E-state index in [0.717, 1.165) is 6.07 Å². The maximum absolute atomic E-state index is 12.9. The van der Waals surface area contributed by atoms with Crippen LogP contribution in [0.4, 0.5) is 28.8 Å². The SMILES string of the molecule is CC(=O)Nc1cc(N=Nc2nc(-c3cccc(NS(=O)(=O)c4cccc(S(=O)O)c4)c3)no2)cc(NC(=O)c2cccnc2)c1O. The minimum atomic E-state index is -4.11. The van der Waals surface area contributed by atoms with Gasteiger partial charge in [-0.1, -0.05) is 28.5 Å². The zero-order valence-corrected chi connectivity index (χ0v) is 25.1. The van der Waals surface area contributed by atoms with E-state index in [1.54, 1.807) is 18.2 Å². The Balaban J connectivity index is 1.36. The van der Waals surface area contributed by atoms with Crippen molar-refractivity contribution in [3.05, 3.63) is 90.8 Å². The Morgan fingerprint density at radius 1 is 0.957 bits per heavy atom. The van der Waals surface area contributed by atoms with Crippen molar-refractivity contribution in [1.29, 1.82) is 0 Å². The van der Waals surface area contributed by atoms with Crippen LogP contribution in [0.1, 0.15) is 17.3 Å². The number of sulfonamides is 1. The average molecular weight is 663 g/mol. The lowest BCUT2D eigenvalue weighted by Crippen LogP contribution is -2.13. The third-order valence-electron chi connectivity index (χ3n) is 5.93. The van der Waals surface area contributed by atoms with Gasteiger partial charge in [-0.25, -0.2) is 12.6 Å². The highest BCUT2D eigenvalue weighted by Crippen LogP contribution is 2.38. The van der Waals surface area contributed by atoms with E-state index in [9.17, 15) is 31.9 Å². The lowest BCUT2D eigenvalue weighted by Gasteiger charge is -2.12. The average Bonchev–Trinajstić information content (AvgIpc) is 3.51. The molecule has 16 nitrogen and oxygen atoms in total. The van der Waals surface area contributed by atoms with Crippen LogP contribution in [0.5, 0.6) is 5.75 Å². The number of amides is 2. The number of nitrogens with zero attached hydrogens (tertiary/aromatic N) is 5. The molecule has 1 atom stereocenters. The van der Waals surface area contributed by atoms with Gasteiger partial charge in [-0.15, -0.1) is 5.11 Å². The number of aromatic nitrogens is 3. The molecule has 5 N–H and O–H groups in total. The van der Waals surface area contributed by atoms with Crippen LogP contribution in [0.15, 0.2) is 110 Å². The molecule has 2 heterocycles. The second-order valence-corrected chi connectivity index (χ2v) is 11.9. The summed E-state index contributed by atoms with van der Waals surface area (Å²) in [4.78, 5) is 32.1. The zero-order chi connectivity index (χ0) is 32.8. The summed E-state index contributed by atoms with van der Waals surface area (Å²) in [7, 11) is -4.11. The molecule has 18 heteroatoms. The number of rotatable bonds is 10. The number of pyridine rings is 1. The molecule has 0 bridgehead atoms. The number of phenolic OH excluding ortho intramolecular Hbond substituents is 1. The predicted octanol–water partition coefficient (Wildman–Crippen LogP) is 4.84. The number of carbonyl (C=O) groups excluding carboxylic acids is 2. The molecule has 0 saturated carbocycles. The van der Waals surface area contributed by atoms with Crippen molar-refractivity contribution in [2.75, 3.05) is 15.4 Å². The number of azo groups is 1. The van der Waals surface area contributed by atoms with E-state index in [0.29, 0.717) is 5.56 Å². The third-order valence-corrected chi connectivity index (χ3v) is 7.97. The van der Waals surface area contributed by atoms with Crippen LogP contribution in [0.25, 0.3) is 11.4 Å². The summed E-state index contributed by atoms with van der Waals surface area (Å²) < 4.78 is 53.9. The number of carbonyl (C=O) groups is 2. The van der Waals surface area contributed by atoms with E-state index in [-0.39, 0.29) is 49.9 Å². The highest BCUT2D eigenvalue weighted by molar-refractivity contribution is 7.92. The lowest BCUT2D eigenvalue weighted by molar-refractivity contribution is -0.114. The molecular weight excluding hydrogens is 640 g/mol. The monoisotopic (exact) mass is 662 g/mol. The van der Waals surface area contributed by atoms with Gasteiger partial charge in [-0.05, 0) is 54.6 Å². The van der Waals surface area contributed by atoms with Crippen LogP contribution >= 0.6 is 0 Å². The van der Waals surface area contributed by atoms with Crippen LogP contribution in [-0.4, -0.2) is 49.2 Å². The number of benzene rings is 3. The molecule has 0 fully saturated rings. The van der Waals surface area contributed by atoms with E-state index in [2.05, 4.69) is 40.7 Å². The van der Waals surface area contributed by atoms with E-state index >= 15 is 0 Å². The second kappa shape index (κ2) is 13.4. The quantitative estimate of drug-likeness (QED) is 0.0770. The molecular formula is C28H22N8O8S2. The number of nitrogens with one attached hydrogen (secondary N) is 3. The molecule has 0 saturated heterocycles. The predicted molar refractivity (Wildman–Crippen MR) is 165 cm³/mol. The van der Waals surface area contributed by atoms with Gasteiger partial charge >= 0.3 is 6.01 Å². The number of phenols is 1. The minimum absolute atomic E-state index is 0.0433. The number of aromatic hydroxyl groups is 1. The number of hydrogen-bond donors (Lipinski definition) is 5.